The van der Waals surface area contributed by atoms with Crippen LogP contribution in [0.3, 0.4) is 0 Å². The molecule has 0 radical (unpaired) electrons. The molecule has 1 amide bonds. The van der Waals surface area contributed by atoms with Gasteiger partial charge in [0.1, 0.15) is 11.5 Å². The third-order valence-corrected chi connectivity index (χ3v) is 5.83. The van der Waals surface area contributed by atoms with E-state index >= 15 is 0 Å². The molecular formula is C19H23ClN2O5S. The molecule has 0 saturated heterocycles. The topological polar surface area (TPSA) is 84.9 Å². The number of nitrogens with zero attached hydrogens (tertiary/aromatic N) is 1. The lowest BCUT2D eigenvalue weighted by atomic mass is 10.1. The van der Waals surface area contributed by atoms with Gasteiger partial charge in [-0.3, -0.25) is 9.10 Å². The Labute approximate surface area is 170 Å². The molecule has 152 valence electrons. The Kier molecular flexibility index (Phi) is 6.79. The summed E-state index contributed by atoms with van der Waals surface area (Å²) in [5, 5.41) is 3.02. The lowest BCUT2D eigenvalue weighted by Crippen LogP contribution is -2.28. The molecule has 0 aromatic heterocycles. The van der Waals surface area contributed by atoms with Crippen LogP contribution in [-0.2, 0) is 10.0 Å². The van der Waals surface area contributed by atoms with Gasteiger partial charge >= 0.3 is 0 Å². The van der Waals surface area contributed by atoms with Gasteiger partial charge in [-0.25, -0.2) is 8.42 Å². The van der Waals surface area contributed by atoms with Crippen LogP contribution in [0.5, 0.6) is 11.5 Å². The number of hydrogen-bond acceptors (Lipinski definition) is 5. The lowest BCUT2D eigenvalue weighted by molar-refractivity contribution is 0.0939. The molecule has 0 aliphatic heterocycles. The summed E-state index contributed by atoms with van der Waals surface area (Å²) in [7, 11) is 1.10. The van der Waals surface area contributed by atoms with E-state index < -0.39 is 15.9 Å². The highest BCUT2D eigenvalue weighted by Crippen LogP contribution is 2.30. The second-order valence-corrected chi connectivity index (χ2v) is 8.62. The maximum atomic E-state index is 12.7. The van der Waals surface area contributed by atoms with Gasteiger partial charge in [-0.1, -0.05) is 11.6 Å². The molecule has 7 nitrogen and oxygen atoms in total. The van der Waals surface area contributed by atoms with Gasteiger partial charge in [0.15, 0.2) is 0 Å². The number of carbonyl (C=O) groups excluding carboxylic acids is 1. The SMILES string of the molecule is COc1ccc(OC)c([C@@H](C)NC(=O)c2ccc(N(C)S(C)(=O)=O)cc2Cl)c1. The maximum absolute atomic E-state index is 12.7. The fraction of sp³-hybridized carbons (Fsp3) is 0.316. The zero-order chi connectivity index (χ0) is 21.1. The molecule has 0 unspecified atom stereocenters. The zero-order valence-corrected chi connectivity index (χ0v) is 17.9. The molecule has 0 spiro atoms. The average molecular weight is 427 g/mol. The van der Waals surface area contributed by atoms with Crippen molar-refractivity contribution in [3.63, 3.8) is 0 Å². The van der Waals surface area contributed by atoms with Crippen LogP contribution in [0.25, 0.3) is 0 Å². The van der Waals surface area contributed by atoms with Crippen LogP contribution >= 0.6 is 11.6 Å². The normalized spacial score (nSPS) is 12.2. The first-order valence-electron chi connectivity index (χ1n) is 8.34. The first-order valence-corrected chi connectivity index (χ1v) is 10.6. The van der Waals surface area contributed by atoms with Crippen molar-refractivity contribution in [3.05, 3.63) is 52.5 Å². The zero-order valence-electron chi connectivity index (χ0n) is 16.3. The Bertz CT molecular complexity index is 978. The Hall–Kier alpha value is -2.45. The highest BCUT2D eigenvalue weighted by Gasteiger charge is 2.19. The van der Waals surface area contributed by atoms with Gasteiger partial charge in [0.25, 0.3) is 5.91 Å². The van der Waals surface area contributed by atoms with Crippen molar-refractivity contribution in [2.24, 2.45) is 0 Å². The molecule has 0 bridgehead atoms. The van der Waals surface area contributed by atoms with Gasteiger partial charge in [0.2, 0.25) is 10.0 Å². The van der Waals surface area contributed by atoms with E-state index in [0.29, 0.717) is 17.2 Å². The number of benzene rings is 2. The van der Waals surface area contributed by atoms with Crippen molar-refractivity contribution >= 4 is 33.2 Å². The Morgan fingerprint density at radius 1 is 1.14 bits per heavy atom. The van der Waals surface area contributed by atoms with Crippen LogP contribution in [-0.4, -0.2) is 41.8 Å². The van der Waals surface area contributed by atoms with Gasteiger partial charge in [-0.15, -0.1) is 0 Å². The van der Waals surface area contributed by atoms with E-state index in [9.17, 15) is 13.2 Å². The predicted octanol–water partition coefficient (Wildman–Crippen LogP) is 3.24. The molecule has 2 aromatic rings. The van der Waals surface area contributed by atoms with Crippen LogP contribution in [0.1, 0.15) is 28.9 Å². The maximum Gasteiger partial charge on any atom is 0.253 e. The molecule has 0 fully saturated rings. The molecule has 2 rings (SSSR count). The Balaban J connectivity index is 2.26. The number of sulfonamides is 1. The molecule has 0 saturated carbocycles. The monoisotopic (exact) mass is 426 g/mol. The summed E-state index contributed by atoms with van der Waals surface area (Å²) in [6.07, 6.45) is 1.09. The van der Waals surface area contributed by atoms with Crippen molar-refractivity contribution in [1.82, 2.24) is 5.32 Å². The van der Waals surface area contributed by atoms with Gasteiger partial charge in [0, 0.05) is 12.6 Å². The number of nitrogens with one attached hydrogen (secondary N) is 1. The van der Waals surface area contributed by atoms with E-state index in [1.807, 2.05) is 6.92 Å². The van der Waals surface area contributed by atoms with Crippen molar-refractivity contribution in [2.75, 3.05) is 31.8 Å². The minimum atomic E-state index is -3.43. The average Bonchev–Trinajstić information content (AvgIpc) is 2.65. The number of ether oxygens (including phenoxy) is 2. The van der Waals surface area contributed by atoms with Crippen LogP contribution in [0.2, 0.25) is 5.02 Å². The standard InChI is InChI=1S/C19H23ClN2O5S/c1-12(16-11-14(26-3)7-9-18(16)27-4)21-19(23)15-8-6-13(10-17(15)20)22(2)28(5,24)25/h6-12H,1-5H3,(H,21,23)/t12-/m1/s1. The lowest BCUT2D eigenvalue weighted by Gasteiger charge is -2.20. The van der Waals surface area contributed by atoms with E-state index in [0.717, 1.165) is 16.1 Å². The van der Waals surface area contributed by atoms with E-state index in [2.05, 4.69) is 5.32 Å². The first kappa shape index (κ1) is 21.8. The Morgan fingerprint density at radius 2 is 1.82 bits per heavy atom. The quantitative estimate of drug-likeness (QED) is 0.734. The highest BCUT2D eigenvalue weighted by atomic mass is 35.5. The molecule has 28 heavy (non-hydrogen) atoms. The van der Waals surface area contributed by atoms with E-state index in [1.54, 1.807) is 32.4 Å². The summed E-state index contributed by atoms with van der Waals surface area (Å²) >= 11 is 6.23. The molecule has 0 heterocycles. The largest absolute Gasteiger partial charge is 0.497 e. The summed E-state index contributed by atoms with van der Waals surface area (Å²) < 4.78 is 35.0. The minimum Gasteiger partial charge on any atom is -0.497 e. The minimum absolute atomic E-state index is 0.148. The van der Waals surface area contributed by atoms with E-state index in [1.165, 1.54) is 25.2 Å². The highest BCUT2D eigenvalue weighted by molar-refractivity contribution is 7.92. The smallest absolute Gasteiger partial charge is 0.253 e. The second-order valence-electron chi connectivity index (χ2n) is 6.20. The predicted molar refractivity (Wildman–Crippen MR) is 110 cm³/mol. The van der Waals surface area contributed by atoms with Crippen LogP contribution in [0, 0.1) is 0 Å². The van der Waals surface area contributed by atoms with Crippen LogP contribution in [0.4, 0.5) is 5.69 Å². The first-order chi connectivity index (χ1) is 13.1. The Morgan fingerprint density at radius 3 is 2.36 bits per heavy atom. The van der Waals surface area contributed by atoms with Crippen LogP contribution < -0.4 is 19.1 Å². The summed E-state index contributed by atoms with van der Waals surface area (Å²) in [6, 6.07) is 9.39. The molecule has 0 aliphatic carbocycles. The number of amides is 1. The molecule has 0 aliphatic rings. The number of carbonyl (C=O) groups is 1. The molecular weight excluding hydrogens is 404 g/mol. The van der Waals surface area contributed by atoms with Gasteiger partial charge in [-0.2, -0.15) is 0 Å². The van der Waals surface area contributed by atoms with E-state index in [4.69, 9.17) is 21.1 Å². The summed E-state index contributed by atoms with van der Waals surface area (Å²) in [5.74, 6) is 0.865. The number of rotatable bonds is 7. The number of hydrogen-bond donors (Lipinski definition) is 1. The number of methoxy groups -OCH3 is 2. The van der Waals surface area contributed by atoms with Crippen molar-refractivity contribution in [2.45, 2.75) is 13.0 Å². The summed E-state index contributed by atoms with van der Waals surface area (Å²) in [6.45, 7) is 1.81. The van der Waals surface area contributed by atoms with Gasteiger partial charge in [0.05, 0.1) is 42.8 Å². The third-order valence-electron chi connectivity index (χ3n) is 4.31. The van der Waals surface area contributed by atoms with Crippen molar-refractivity contribution in [1.29, 1.82) is 0 Å². The van der Waals surface area contributed by atoms with E-state index in [-0.39, 0.29) is 16.6 Å². The van der Waals surface area contributed by atoms with Gasteiger partial charge in [-0.05, 0) is 43.3 Å². The fourth-order valence-corrected chi connectivity index (χ4v) is 3.36. The molecule has 1 atom stereocenters. The van der Waals surface area contributed by atoms with Gasteiger partial charge < -0.3 is 14.8 Å². The number of anilines is 1. The molecule has 2 aromatic carbocycles. The molecule has 1 N–H and O–H groups in total. The summed E-state index contributed by atoms with van der Waals surface area (Å²) in [4.78, 5) is 12.7. The van der Waals surface area contributed by atoms with Crippen molar-refractivity contribution < 1.29 is 22.7 Å². The fourth-order valence-electron chi connectivity index (χ4n) is 2.61. The second kappa shape index (κ2) is 8.70. The van der Waals surface area contributed by atoms with Crippen LogP contribution in [0.15, 0.2) is 36.4 Å². The molecule has 9 heteroatoms. The van der Waals surface area contributed by atoms with Crippen molar-refractivity contribution in [3.8, 4) is 11.5 Å². The summed E-state index contributed by atoms with van der Waals surface area (Å²) in [5.41, 5.74) is 1.35. The third kappa shape index (κ3) is 4.88. The number of halogens is 1.